The van der Waals surface area contributed by atoms with Crippen LogP contribution in [-0.2, 0) is 20.9 Å². The second-order valence-corrected chi connectivity index (χ2v) is 8.29. The minimum absolute atomic E-state index is 0.00584. The molecule has 2 N–H and O–H groups in total. The van der Waals surface area contributed by atoms with E-state index in [2.05, 4.69) is 42.3 Å². The molecule has 0 spiro atoms. The normalized spacial score (nSPS) is 14.5. The molecule has 1 aliphatic rings. The molecule has 2 aromatic carbocycles. The Kier molecular flexibility index (Phi) is 8.29. The average molecular weight is 454 g/mol. The summed E-state index contributed by atoms with van der Waals surface area (Å²) in [5, 5.41) is 11.8. The summed E-state index contributed by atoms with van der Waals surface area (Å²) in [6, 6.07) is 14.3. The van der Waals surface area contributed by atoms with E-state index >= 15 is 0 Å². The minimum Gasteiger partial charge on any atom is -0.480 e. The Morgan fingerprint density at radius 3 is 2.36 bits per heavy atom. The number of carboxylic acids is 1. The highest BCUT2D eigenvalue weighted by atomic mass is 16.5. The number of rotatable bonds is 8. The highest BCUT2D eigenvalue weighted by Gasteiger charge is 2.26. The quantitative estimate of drug-likeness (QED) is 0.637. The summed E-state index contributed by atoms with van der Waals surface area (Å²) < 4.78 is 5.09. The van der Waals surface area contributed by atoms with Crippen LogP contribution in [0.2, 0.25) is 0 Å². The van der Waals surface area contributed by atoms with Crippen molar-refractivity contribution in [2.45, 2.75) is 39.3 Å². The summed E-state index contributed by atoms with van der Waals surface area (Å²) >= 11 is 0. The molecule has 2 amide bonds. The molecule has 0 unspecified atom stereocenters. The van der Waals surface area contributed by atoms with Crippen LogP contribution in [0.25, 0.3) is 0 Å². The molecule has 0 aliphatic carbocycles. The average Bonchev–Trinajstić information content (AvgIpc) is 2.81. The van der Waals surface area contributed by atoms with Crippen LogP contribution < -0.4 is 10.2 Å². The van der Waals surface area contributed by atoms with Gasteiger partial charge in [0.1, 0.15) is 12.6 Å². The summed E-state index contributed by atoms with van der Waals surface area (Å²) in [4.78, 5) is 40.2. The maximum atomic E-state index is 12.6. The lowest BCUT2D eigenvalue weighted by atomic mass is 10.1. The maximum Gasteiger partial charge on any atom is 0.408 e. The number of carboxylic acid groups (broad SMARTS) is 1. The van der Waals surface area contributed by atoms with Crippen molar-refractivity contribution in [3.63, 3.8) is 0 Å². The summed E-state index contributed by atoms with van der Waals surface area (Å²) in [6.07, 6.45) is -0.772. The Balaban J connectivity index is 1.44. The van der Waals surface area contributed by atoms with Crippen molar-refractivity contribution in [2.75, 3.05) is 31.1 Å². The summed E-state index contributed by atoms with van der Waals surface area (Å²) in [5.74, 6) is -1.31. The molecule has 1 fully saturated rings. The van der Waals surface area contributed by atoms with Gasteiger partial charge >= 0.3 is 12.1 Å². The zero-order chi connectivity index (χ0) is 23.8. The third kappa shape index (κ3) is 6.97. The van der Waals surface area contributed by atoms with E-state index in [9.17, 15) is 19.5 Å². The van der Waals surface area contributed by atoms with Crippen molar-refractivity contribution in [1.29, 1.82) is 0 Å². The second-order valence-electron chi connectivity index (χ2n) is 8.29. The van der Waals surface area contributed by atoms with Gasteiger partial charge in [0.2, 0.25) is 5.91 Å². The van der Waals surface area contributed by atoms with Gasteiger partial charge in [-0.1, -0.05) is 48.0 Å². The van der Waals surface area contributed by atoms with Gasteiger partial charge in [0.15, 0.2) is 0 Å². The number of hydrogen-bond acceptors (Lipinski definition) is 5. The molecule has 0 aromatic heterocycles. The molecule has 0 radical (unpaired) electrons. The first kappa shape index (κ1) is 24.1. The van der Waals surface area contributed by atoms with Crippen molar-refractivity contribution >= 4 is 23.7 Å². The van der Waals surface area contributed by atoms with E-state index in [1.165, 1.54) is 16.8 Å². The number of aryl methyl sites for hydroxylation is 2. The third-order valence-corrected chi connectivity index (χ3v) is 5.78. The van der Waals surface area contributed by atoms with Gasteiger partial charge in [-0.2, -0.15) is 0 Å². The van der Waals surface area contributed by atoms with Crippen LogP contribution in [-0.4, -0.2) is 60.2 Å². The van der Waals surface area contributed by atoms with Crippen molar-refractivity contribution in [1.82, 2.24) is 10.2 Å². The smallest absolute Gasteiger partial charge is 0.408 e. The molecule has 3 rings (SSSR count). The van der Waals surface area contributed by atoms with E-state index in [1.54, 1.807) is 17.0 Å². The van der Waals surface area contributed by atoms with Gasteiger partial charge < -0.3 is 25.0 Å². The van der Waals surface area contributed by atoms with E-state index in [4.69, 9.17) is 4.74 Å². The molecule has 0 bridgehead atoms. The highest BCUT2D eigenvalue weighted by molar-refractivity contribution is 5.82. The number of benzene rings is 2. The largest absolute Gasteiger partial charge is 0.480 e. The van der Waals surface area contributed by atoms with Gasteiger partial charge in [0.25, 0.3) is 0 Å². The van der Waals surface area contributed by atoms with Crippen molar-refractivity contribution in [3.8, 4) is 0 Å². The zero-order valence-electron chi connectivity index (χ0n) is 19.1. The van der Waals surface area contributed by atoms with Gasteiger partial charge in [0.05, 0.1) is 0 Å². The molecule has 0 saturated carbocycles. The first-order valence-corrected chi connectivity index (χ1v) is 11.1. The third-order valence-electron chi connectivity index (χ3n) is 5.78. The summed E-state index contributed by atoms with van der Waals surface area (Å²) in [5.41, 5.74) is 4.41. The predicted octanol–water partition coefficient (Wildman–Crippen LogP) is 3.11. The molecule has 1 atom stereocenters. The number of aliphatic carboxylic acids is 1. The predicted molar refractivity (Wildman–Crippen MR) is 125 cm³/mol. The molecule has 176 valence electrons. The standard InChI is InChI=1S/C25H31N3O5/c1-18-8-10-22(19(2)16-18)27-12-14-28(15-13-27)23(29)11-9-21(24(30)31)26-25(32)33-17-20-6-4-3-5-7-20/h3-8,10,16,21H,9,11-15,17H2,1-2H3,(H,26,32)(H,30,31)/t21-/m0/s1. The van der Waals surface area contributed by atoms with Crippen LogP contribution in [0.15, 0.2) is 48.5 Å². The summed E-state index contributed by atoms with van der Waals surface area (Å²) in [6.45, 7) is 6.80. The van der Waals surface area contributed by atoms with Crippen LogP contribution in [0.1, 0.15) is 29.5 Å². The van der Waals surface area contributed by atoms with E-state index in [0.717, 1.165) is 18.7 Å². The van der Waals surface area contributed by atoms with Crippen LogP contribution in [0.3, 0.4) is 0 Å². The number of anilines is 1. The molecular formula is C25H31N3O5. The number of alkyl carbamates (subject to hydrolysis) is 1. The molecular weight excluding hydrogens is 422 g/mol. The van der Waals surface area contributed by atoms with E-state index in [0.29, 0.717) is 13.1 Å². The minimum atomic E-state index is -1.20. The number of hydrogen-bond donors (Lipinski definition) is 2. The molecule has 8 nitrogen and oxygen atoms in total. The lowest BCUT2D eigenvalue weighted by molar-refractivity contribution is -0.140. The zero-order valence-corrected chi connectivity index (χ0v) is 19.1. The van der Waals surface area contributed by atoms with Crippen molar-refractivity contribution in [3.05, 3.63) is 65.2 Å². The molecule has 8 heteroatoms. The molecule has 1 saturated heterocycles. The number of carbonyl (C=O) groups is 3. The van der Waals surface area contributed by atoms with Crippen molar-refractivity contribution in [2.24, 2.45) is 0 Å². The second kappa shape index (κ2) is 11.4. The number of nitrogens with one attached hydrogen (secondary N) is 1. The topological polar surface area (TPSA) is 99.2 Å². The van der Waals surface area contributed by atoms with Gasteiger partial charge in [-0.3, -0.25) is 4.79 Å². The van der Waals surface area contributed by atoms with Crippen LogP contribution in [0.4, 0.5) is 10.5 Å². The van der Waals surface area contributed by atoms with Crippen molar-refractivity contribution < 1.29 is 24.2 Å². The first-order chi connectivity index (χ1) is 15.8. The van der Waals surface area contributed by atoms with Crippen LogP contribution in [0, 0.1) is 13.8 Å². The van der Waals surface area contributed by atoms with E-state index in [1.807, 2.05) is 18.2 Å². The molecule has 1 aliphatic heterocycles. The fraction of sp³-hybridized carbons (Fsp3) is 0.400. The Morgan fingerprint density at radius 2 is 1.73 bits per heavy atom. The number of ether oxygens (including phenoxy) is 1. The number of carbonyl (C=O) groups excluding carboxylic acids is 2. The Morgan fingerprint density at radius 1 is 1.03 bits per heavy atom. The maximum absolute atomic E-state index is 12.6. The van der Waals surface area contributed by atoms with Crippen LogP contribution in [0.5, 0.6) is 0 Å². The molecule has 33 heavy (non-hydrogen) atoms. The Bertz CT molecular complexity index is 971. The van der Waals surface area contributed by atoms with E-state index < -0.39 is 18.1 Å². The lowest BCUT2D eigenvalue weighted by Gasteiger charge is -2.37. The Hall–Kier alpha value is -3.55. The highest BCUT2D eigenvalue weighted by Crippen LogP contribution is 2.22. The monoisotopic (exact) mass is 453 g/mol. The van der Waals surface area contributed by atoms with Gasteiger partial charge in [0, 0.05) is 38.3 Å². The number of amides is 2. The fourth-order valence-corrected chi connectivity index (χ4v) is 3.95. The Labute approximate surface area is 194 Å². The molecule has 1 heterocycles. The fourth-order valence-electron chi connectivity index (χ4n) is 3.95. The van der Waals surface area contributed by atoms with Gasteiger partial charge in [-0.05, 0) is 37.5 Å². The SMILES string of the molecule is Cc1ccc(N2CCN(C(=O)CC[C@H](NC(=O)OCc3ccccc3)C(=O)O)CC2)c(C)c1. The number of piperazine rings is 1. The van der Waals surface area contributed by atoms with Gasteiger partial charge in [-0.25, -0.2) is 9.59 Å². The summed E-state index contributed by atoms with van der Waals surface area (Å²) in [7, 11) is 0. The number of nitrogens with zero attached hydrogens (tertiary/aromatic N) is 2. The van der Waals surface area contributed by atoms with Crippen LogP contribution >= 0.6 is 0 Å². The molecule has 2 aromatic rings. The van der Waals surface area contributed by atoms with E-state index in [-0.39, 0.29) is 25.4 Å². The van der Waals surface area contributed by atoms with Gasteiger partial charge in [-0.15, -0.1) is 0 Å². The first-order valence-electron chi connectivity index (χ1n) is 11.1. The lowest BCUT2D eigenvalue weighted by Crippen LogP contribution is -2.49.